The standard InChI is InChI=1S/C14H20F2N2O/c1-9(14(2,3)4)17-8-12(19)18-13-10(15)6-5-7-11(13)16/h5-7,9,17H,8H2,1-4H3,(H,18,19). The first-order valence-electron chi connectivity index (χ1n) is 6.19. The van der Waals surface area contributed by atoms with Gasteiger partial charge in [-0.05, 0) is 24.5 Å². The first-order valence-corrected chi connectivity index (χ1v) is 6.19. The van der Waals surface area contributed by atoms with Crippen LogP contribution < -0.4 is 10.6 Å². The van der Waals surface area contributed by atoms with Crippen LogP contribution in [0.25, 0.3) is 0 Å². The Balaban J connectivity index is 2.57. The van der Waals surface area contributed by atoms with Crippen molar-refractivity contribution < 1.29 is 13.6 Å². The molecule has 0 fully saturated rings. The number of anilines is 1. The van der Waals surface area contributed by atoms with Crippen molar-refractivity contribution in [3.8, 4) is 0 Å². The molecule has 19 heavy (non-hydrogen) atoms. The molecule has 1 aromatic carbocycles. The summed E-state index contributed by atoms with van der Waals surface area (Å²) in [5.74, 6) is -2.03. The van der Waals surface area contributed by atoms with Crippen LogP contribution in [0.4, 0.5) is 14.5 Å². The lowest BCUT2D eigenvalue weighted by molar-refractivity contribution is -0.115. The number of hydrogen-bond donors (Lipinski definition) is 2. The average molecular weight is 270 g/mol. The van der Waals surface area contributed by atoms with Crippen molar-refractivity contribution in [3.63, 3.8) is 0 Å². The third kappa shape index (κ3) is 4.59. The van der Waals surface area contributed by atoms with E-state index in [-0.39, 0.29) is 18.0 Å². The topological polar surface area (TPSA) is 41.1 Å². The van der Waals surface area contributed by atoms with Gasteiger partial charge in [-0.15, -0.1) is 0 Å². The molecular formula is C14H20F2N2O. The highest BCUT2D eigenvalue weighted by atomic mass is 19.1. The van der Waals surface area contributed by atoms with Crippen molar-refractivity contribution in [2.75, 3.05) is 11.9 Å². The van der Waals surface area contributed by atoms with Crippen LogP contribution in [0.5, 0.6) is 0 Å². The van der Waals surface area contributed by atoms with Gasteiger partial charge in [-0.2, -0.15) is 0 Å². The molecule has 1 rings (SSSR count). The lowest BCUT2D eigenvalue weighted by Gasteiger charge is -2.28. The van der Waals surface area contributed by atoms with Crippen LogP contribution in [-0.4, -0.2) is 18.5 Å². The summed E-state index contributed by atoms with van der Waals surface area (Å²) in [6.45, 7) is 8.08. The lowest BCUT2D eigenvalue weighted by Crippen LogP contribution is -2.41. The van der Waals surface area contributed by atoms with Crippen LogP contribution in [0.15, 0.2) is 18.2 Å². The highest BCUT2D eigenvalue weighted by Gasteiger charge is 2.20. The maximum atomic E-state index is 13.3. The van der Waals surface area contributed by atoms with Crippen LogP contribution in [0.3, 0.4) is 0 Å². The third-order valence-electron chi connectivity index (χ3n) is 3.10. The van der Waals surface area contributed by atoms with E-state index in [0.29, 0.717) is 0 Å². The Morgan fingerprint density at radius 3 is 2.26 bits per heavy atom. The molecule has 1 aromatic rings. The van der Waals surface area contributed by atoms with Crippen LogP contribution >= 0.6 is 0 Å². The Bertz CT molecular complexity index is 435. The second-order valence-corrected chi connectivity index (χ2v) is 5.61. The Kier molecular flexibility index (Phi) is 5.00. The van der Waals surface area contributed by atoms with E-state index in [1.54, 1.807) is 0 Å². The Morgan fingerprint density at radius 2 is 1.79 bits per heavy atom. The molecule has 0 aliphatic carbocycles. The minimum absolute atomic E-state index is 0.00350. The molecule has 5 heteroatoms. The normalized spacial score (nSPS) is 13.2. The zero-order valence-corrected chi connectivity index (χ0v) is 11.7. The molecule has 0 spiro atoms. The van der Waals surface area contributed by atoms with E-state index in [4.69, 9.17) is 0 Å². The van der Waals surface area contributed by atoms with Gasteiger partial charge in [-0.25, -0.2) is 8.78 Å². The van der Waals surface area contributed by atoms with Crippen LogP contribution in [0, 0.1) is 17.0 Å². The Labute approximate surface area is 112 Å². The maximum absolute atomic E-state index is 13.3. The quantitative estimate of drug-likeness (QED) is 0.883. The first kappa shape index (κ1) is 15.6. The van der Waals surface area contributed by atoms with Crippen molar-refractivity contribution >= 4 is 11.6 Å². The fraction of sp³-hybridized carbons (Fsp3) is 0.500. The summed E-state index contributed by atoms with van der Waals surface area (Å²) in [6.07, 6.45) is 0. The van der Waals surface area contributed by atoms with E-state index in [0.717, 1.165) is 12.1 Å². The largest absolute Gasteiger partial charge is 0.320 e. The second kappa shape index (κ2) is 6.10. The highest BCUT2D eigenvalue weighted by Crippen LogP contribution is 2.19. The summed E-state index contributed by atoms with van der Waals surface area (Å²) in [5.41, 5.74) is -0.401. The number of rotatable bonds is 4. The summed E-state index contributed by atoms with van der Waals surface area (Å²) in [6, 6.07) is 3.55. The van der Waals surface area contributed by atoms with Crippen LogP contribution in [0.1, 0.15) is 27.7 Å². The molecule has 1 unspecified atom stereocenters. The van der Waals surface area contributed by atoms with E-state index >= 15 is 0 Å². The van der Waals surface area contributed by atoms with Gasteiger partial charge in [0.25, 0.3) is 0 Å². The molecule has 1 atom stereocenters. The number of carbonyl (C=O) groups is 1. The molecule has 0 aromatic heterocycles. The van der Waals surface area contributed by atoms with Crippen molar-refractivity contribution in [2.24, 2.45) is 5.41 Å². The Hall–Kier alpha value is -1.49. The van der Waals surface area contributed by atoms with Gasteiger partial charge in [0.2, 0.25) is 5.91 Å². The van der Waals surface area contributed by atoms with Crippen molar-refractivity contribution in [1.29, 1.82) is 0 Å². The predicted octanol–water partition coefficient (Wildman–Crippen LogP) is 2.93. The van der Waals surface area contributed by atoms with Crippen molar-refractivity contribution in [3.05, 3.63) is 29.8 Å². The van der Waals surface area contributed by atoms with Crippen molar-refractivity contribution in [1.82, 2.24) is 5.32 Å². The van der Waals surface area contributed by atoms with E-state index in [2.05, 4.69) is 10.6 Å². The van der Waals surface area contributed by atoms with E-state index in [1.807, 2.05) is 27.7 Å². The van der Waals surface area contributed by atoms with E-state index in [9.17, 15) is 13.6 Å². The number of carbonyl (C=O) groups excluding carboxylic acids is 1. The summed E-state index contributed by atoms with van der Waals surface area (Å²) < 4.78 is 26.6. The Morgan fingerprint density at radius 1 is 1.26 bits per heavy atom. The van der Waals surface area contributed by atoms with Crippen molar-refractivity contribution in [2.45, 2.75) is 33.7 Å². The molecule has 0 heterocycles. The summed E-state index contributed by atoms with van der Waals surface area (Å²) in [5, 5.41) is 5.26. The highest BCUT2D eigenvalue weighted by molar-refractivity contribution is 5.92. The van der Waals surface area contributed by atoms with Gasteiger partial charge in [0.05, 0.1) is 6.54 Å². The zero-order chi connectivity index (χ0) is 14.6. The maximum Gasteiger partial charge on any atom is 0.238 e. The number of benzene rings is 1. The molecule has 0 bridgehead atoms. The molecule has 1 amide bonds. The summed E-state index contributed by atoms with van der Waals surface area (Å²) in [4.78, 5) is 11.6. The zero-order valence-electron chi connectivity index (χ0n) is 11.7. The molecule has 0 aliphatic heterocycles. The second-order valence-electron chi connectivity index (χ2n) is 5.61. The molecule has 0 radical (unpaired) electrons. The number of hydrogen-bond acceptors (Lipinski definition) is 2. The molecule has 0 saturated carbocycles. The molecule has 0 saturated heterocycles. The monoisotopic (exact) mass is 270 g/mol. The minimum Gasteiger partial charge on any atom is -0.320 e. The first-order chi connectivity index (χ1) is 8.71. The number of para-hydroxylation sites is 1. The van der Waals surface area contributed by atoms with Crippen LogP contribution in [0.2, 0.25) is 0 Å². The molecular weight excluding hydrogens is 250 g/mol. The van der Waals surface area contributed by atoms with Gasteiger partial charge >= 0.3 is 0 Å². The number of amides is 1. The number of nitrogens with one attached hydrogen (secondary N) is 2. The molecule has 2 N–H and O–H groups in total. The minimum atomic E-state index is -0.780. The fourth-order valence-corrected chi connectivity index (χ4v) is 1.35. The van der Waals surface area contributed by atoms with Gasteiger partial charge in [-0.1, -0.05) is 26.8 Å². The fourth-order valence-electron chi connectivity index (χ4n) is 1.35. The average Bonchev–Trinajstić information content (AvgIpc) is 2.29. The SMILES string of the molecule is CC(NCC(=O)Nc1c(F)cccc1F)C(C)(C)C. The van der Waals surface area contributed by atoms with E-state index in [1.165, 1.54) is 6.07 Å². The van der Waals surface area contributed by atoms with Gasteiger partial charge in [-0.3, -0.25) is 4.79 Å². The van der Waals surface area contributed by atoms with Gasteiger partial charge < -0.3 is 10.6 Å². The van der Waals surface area contributed by atoms with E-state index < -0.39 is 23.2 Å². The molecule has 0 aliphatic rings. The predicted molar refractivity (Wildman–Crippen MR) is 71.9 cm³/mol. The molecule has 106 valence electrons. The van der Waals surface area contributed by atoms with Gasteiger partial charge in [0, 0.05) is 6.04 Å². The smallest absolute Gasteiger partial charge is 0.238 e. The molecule has 3 nitrogen and oxygen atoms in total. The van der Waals surface area contributed by atoms with Gasteiger partial charge in [0.1, 0.15) is 17.3 Å². The summed E-state index contributed by atoms with van der Waals surface area (Å²) >= 11 is 0. The number of halogens is 2. The lowest BCUT2D eigenvalue weighted by atomic mass is 9.88. The third-order valence-corrected chi connectivity index (χ3v) is 3.10. The van der Waals surface area contributed by atoms with Gasteiger partial charge in [0.15, 0.2) is 0 Å². The summed E-state index contributed by atoms with van der Waals surface area (Å²) in [7, 11) is 0. The van der Waals surface area contributed by atoms with Crippen LogP contribution in [-0.2, 0) is 4.79 Å².